The first-order valence-electron chi connectivity index (χ1n) is 8.47. The van der Waals surface area contributed by atoms with Gasteiger partial charge in [-0.1, -0.05) is 60.7 Å². The number of carbonyl (C=O) groups is 2. The van der Waals surface area contributed by atoms with E-state index < -0.39 is 0 Å². The Morgan fingerprint density at radius 2 is 1.81 bits per heavy atom. The maximum absolute atomic E-state index is 12.6. The van der Waals surface area contributed by atoms with Crippen LogP contribution in [0.2, 0.25) is 0 Å². The number of cyclic esters (lactones) is 1. The van der Waals surface area contributed by atoms with E-state index in [0.717, 1.165) is 16.3 Å². The van der Waals surface area contributed by atoms with Crippen molar-refractivity contribution >= 4 is 34.4 Å². The van der Waals surface area contributed by atoms with E-state index in [-0.39, 0.29) is 11.9 Å². The number of hydrogen-bond donors (Lipinski definition) is 0. The Morgan fingerprint density at radius 3 is 2.65 bits per heavy atom. The van der Waals surface area contributed by atoms with Crippen LogP contribution in [0.1, 0.15) is 15.9 Å². The van der Waals surface area contributed by atoms with Gasteiger partial charge in [-0.15, -0.1) is 0 Å². The Labute approximate surface area is 151 Å². The molecule has 0 unspecified atom stereocenters. The van der Waals surface area contributed by atoms with Crippen molar-refractivity contribution in [1.29, 1.82) is 0 Å². The van der Waals surface area contributed by atoms with E-state index in [0.29, 0.717) is 24.4 Å². The molecule has 0 radical (unpaired) electrons. The number of anilines is 1. The standard InChI is InChI=1S/C22H17NO3/c24-21(12-11-17-7-3-6-16-5-1-2-10-20(16)17)18-8-4-9-19(15-18)23-13-14-26-22(23)25/h1-12,15H,13-14H2/b12-11-. The minimum Gasteiger partial charge on any atom is -0.447 e. The van der Waals surface area contributed by atoms with E-state index in [1.165, 1.54) is 4.90 Å². The first-order chi connectivity index (χ1) is 12.7. The van der Waals surface area contributed by atoms with Crippen molar-refractivity contribution in [2.24, 2.45) is 0 Å². The van der Waals surface area contributed by atoms with Crippen molar-refractivity contribution in [2.45, 2.75) is 0 Å². The third-order valence-electron chi connectivity index (χ3n) is 4.44. The highest BCUT2D eigenvalue weighted by Gasteiger charge is 2.23. The predicted octanol–water partition coefficient (Wildman–Crippen LogP) is 4.69. The minimum atomic E-state index is -0.374. The summed E-state index contributed by atoms with van der Waals surface area (Å²) in [4.78, 5) is 25.8. The van der Waals surface area contributed by atoms with Crippen LogP contribution in [0.3, 0.4) is 0 Å². The topological polar surface area (TPSA) is 46.6 Å². The predicted molar refractivity (Wildman–Crippen MR) is 102 cm³/mol. The summed E-state index contributed by atoms with van der Waals surface area (Å²) in [5.41, 5.74) is 2.21. The molecule has 1 aliphatic heterocycles. The van der Waals surface area contributed by atoms with Crippen molar-refractivity contribution < 1.29 is 14.3 Å². The zero-order valence-corrected chi connectivity index (χ0v) is 14.1. The van der Waals surface area contributed by atoms with E-state index in [9.17, 15) is 9.59 Å². The second kappa shape index (κ2) is 6.84. The maximum atomic E-state index is 12.6. The lowest BCUT2D eigenvalue weighted by molar-refractivity contribution is 0.104. The molecule has 0 bridgehead atoms. The van der Waals surface area contributed by atoms with Gasteiger partial charge in [-0.2, -0.15) is 0 Å². The zero-order valence-electron chi connectivity index (χ0n) is 14.1. The van der Waals surface area contributed by atoms with Crippen LogP contribution in [0.25, 0.3) is 16.8 Å². The molecule has 1 amide bonds. The smallest absolute Gasteiger partial charge is 0.414 e. The molecule has 0 aromatic heterocycles. The van der Waals surface area contributed by atoms with Gasteiger partial charge < -0.3 is 4.74 Å². The monoisotopic (exact) mass is 343 g/mol. The lowest BCUT2D eigenvalue weighted by Crippen LogP contribution is -2.23. The number of allylic oxidation sites excluding steroid dienone is 1. The fraction of sp³-hybridized carbons (Fsp3) is 0.0909. The van der Waals surface area contributed by atoms with E-state index in [1.807, 2.05) is 48.5 Å². The minimum absolute atomic E-state index is 0.104. The molecule has 1 saturated heterocycles. The van der Waals surface area contributed by atoms with Crippen LogP contribution >= 0.6 is 0 Å². The summed E-state index contributed by atoms with van der Waals surface area (Å²) in [5, 5.41) is 2.24. The Bertz CT molecular complexity index is 1020. The molecule has 1 aliphatic rings. The molecule has 0 spiro atoms. The molecule has 1 heterocycles. The molecule has 4 nitrogen and oxygen atoms in total. The van der Waals surface area contributed by atoms with E-state index in [4.69, 9.17) is 4.74 Å². The number of rotatable bonds is 4. The number of nitrogens with zero attached hydrogens (tertiary/aromatic N) is 1. The van der Waals surface area contributed by atoms with Gasteiger partial charge in [0.15, 0.2) is 5.78 Å². The van der Waals surface area contributed by atoms with Crippen LogP contribution in [0.5, 0.6) is 0 Å². The summed E-state index contributed by atoms with van der Waals surface area (Å²) in [5.74, 6) is -0.104. The van der Waals surface area contributed by atoms with Crippen molar-refractivity contribution in [3.05, 3.63) is 83.9 Å². The lowest BCUT2D eigenvalue weighted by atomic mass is 10.0. The van der Waals surface area contributed by atoms with Gasteiger partial charge in [0, 0.05) is 11.3 Å². The number of carbonyl (C=O) groups excluding carboxylic acids is 2. The zero-order chi connectivity index (χ0) is 17.9. The van der Waals surface area contributed by atoms with Gasteiger partial charge in [0.1, 0.15) is 6.61 Å². The van der Waals surface area contributed by atoms with Crippen molar-refractivity contribution in [3.8, 4) is 0 Å². The van der Waals surface area contributed by atoms with Crippen LogP contribution in [0.15, 0.2) is 72.8 Å². The molecule has 4 rings (SSSR count). The Hall–Kier alpha value is -3.40. The van der Waals surface area contributed by atoms with Gasteiger partial charge in [0.05, 0.1) is 6.54 Å². The first-order valence-corrected chi connectivity index (χ1v) is 8.47. The lowest BCUT2D eigenvalue weighted by Gasteiger charge is -2.13. The number of ketones is 1. The quantitative estimate of drug-likeness (QED) is 0.510. The molecule has 0 atom stereocenters. The molecule has 3 aromatic carbocycles. The SMILES string of the molecule is O=C(/C=C\c1cccc2ccccc12)c1cccc(N2CCOC2=O)c1. The van der Waals surface area contributed by atoms with Gasteiger partial charge in [-0.25, -0.2) is 4.79 Å². The number of amides is 1. The summed E-state index contributed by atoms with van der Waals surface area (Å²) in [7, 11) is 0. The highest BCUT2D eigenvalue weighted by Crippen LogP contribution is 2.22. The average Bonchev–Trinajstić information content (AvgIpc) is 3.12. The van der Waals surface area contributed by atoms with Crippen LogP contribution in [-0.4, -0.2) is 25.0 Å². The van der Waals surface area contributed by atoms with Crippen LogP contribution < -0.4 is 4.90 Å². The van der Waals surface area contributed by atoms with E-state index in [1.54, 1.807) is 30.3 Å². The van der Waals surface area contributed by atoms with Crippen LogP contribution in [0, 0.1) is 0 Å². The average molecular weight is 343 g/mol. The van der Waals surface area contributed by atoms with Crippen molar-refractivity contribution in [2.75, 3.05) is 18.1 Å². The number of ether oxygens (including phenoxy) is 1. The number of hydrogen-bond acceptors (Lipinski definition) is 3. The largest absolute Gasteiger partial charge is 0.447 e. The van der Waals surface area contributed by atoms with Crippen LogP contribution in [0.4, 0.5) is 10.5 Å². The molecule has 26 heavy (non-hydrogen) atoms. The van der Waals surface area contributed by atoms with Crippen molar-refractivity contribution in [3.63, 3.8) is 0 Å². The molecule has 1 fully saturated rings. The third-order valence-corrected chi connectivity index (χ3v) is 4.44. The molecule has 128 valence electrons. The van der Waals surface area contributed by atoms with Gasteiger partial charge in [0.25, 0.3) is 0 Å². The molecule has 3 aromatic rings. The first kappa shape index (κ1) is 16.1. The molecule has 0 N–H and O–H groups in total. The molecule has 0 aliphatic carbocycles. The van der Waals surface area contributed by atoms with Crippen molar-refractivity contribution in [1.82, 2.24) is 0 Å². The summed E-state index contributed by atoms with van der Waals surface area (Å²) >= 11 is 0. The van der Waals surface area contributed by atoms with Gasteiger partial charge in [0.2, 0.25) is 0 Å². The molecular weight excluding hydrogens is 326 g/mol. The number of fused-ring (bicyclic) bond motifs is 1. The second-order valence-electron chi connectivity index (χ2n) is 6.08. The van der Waals surface area contributed by atoms with E-state index >= 15 is 0 Å². The summed E-state index contributed by atoms with van der Waals surface area (Å²) in [6.45, 7) is 0.875. The Balaban J connectivity index is 1.60. The molecular formula is C22H17NO3. The highest BCUT2D eigenvalue weighted by molar-refractivity contribution is 6.08. The van der Waals surface area contributed by atoms with E-state index in [2.05, 4.69) is 0 Å². The summed E-state index contributed by atoms with van der Waals surface area (Å²) in [6.07, 6.45) is 3.03. The maximum Gasteiger partial charge on any atom is 0.414 e. The molecule has 4 heteroatoms. The second-order valence-corrected chi connectivity index (χ2v) is 6.08. The molecule has 0 saturated carbocycles. The normalized spacial score (nSPS) is 14.2. The third kappa shape index (κ3) is 3.09. The Morgan fingerprint density at radius 1 is 1.00 bits per heavy atom. The highest BCUT2D eigenvalue weighted by atomic mass is 16.6. The summed E-state index contributed by atoms with van der Waals surface area (Å²) in [6, 6.07) is 21.1. The van der Waals surface area contributed by atoms with Gasteiger partial charge >= 0.3 is 6.09 Å². The fourth-order valence-electron chi connectivity index (χ4n) is 3.11. The van der Waals surface area contributed by atoms with Gasteiger partial charge in [-0.3, -0.25) is 9.69 Å². The van der Waals surface area contributed by atoms with Gasteiger partial charge in [-0.05, 0) is 34.5 Å². The van der Waals surface area contributed by atoms with Crippen LogP contribution in [-0.2, 0) is 4.74 Å². The Kier molecular flexibility index (Phi) is 4.23. The summed E-state index contributed by atoms with van der Waals surface area (Å²) < 4.78 is 4.95. The number of benzene rings is 3. The fourth-order valence-corrected chi connectivity index (χ4v) is 3.11.